The molecule has 0 radical (unpaired) electrons. The van der Waals surface area contributed by atoms with E-state index in [1.165, 1.54) is 0 Å². The zero-order chi connectivity index (χ0) is 11.1. The van der Waals surface area contributed by atoms with Gasteiger partial charge in [-0.3, -0.25) is 0 Å². The molecule has 2 heteroatoms. The van der Waals surface area contributed by atoms with Gasteiger partial charge in [-0.25, -0.2) is 0 Å². The van der Waals surface area contributed by atoms with Gasteiger partial charge in [0, 0.05) is 0 Å². The van der Waals surface area contributed by atoms with Crippen LogP contribution in [0.2, 0.25) is 0 Å². The monoisotopic (exact) mass is 189 g/mol. The van der Waals surface area contributed by atoms with Gasteiger partial charge in [0.1, 0.15) is 0 Å². The zero-order valence-corrected chi connectivity index (χ0v) is 10.6. The first-order valence-corrected chi connectivity index (χ1v) is 4.97. The third-order valence-electron chi connectivity index (χ3n) is 0.966. The molecule has 0 spiro atoms. The summed E-state index contributed by atoms with van der Waals surface area (Å²) in [5, 5.41) is 2.93. The van der Waals surface area contributed by atoms with Crippen molar-refractivity contribution in [1.29, 1.82) is 0 Å². The maximum absolute atomic E-state index is 5.62. The minimum absolute atomic E-state index is 0.0156. The van der Waals surface area contributed by atoms with E-state index in [-0.39, 0.29) is 11.2 Å². The van der Waals surface area contributed by atoms with Gasteiger partial charge in [-0.05, 0) is 55.1 Å². The predicted molar refractivity (Wildman–Crippen MR) is 60.2 cm³/mol. The molecule has 0 aliphatic carbocycles. The van der Waals surface area contributed by atoms with E-state index < -0.39 is 0 Å². The molecule has 0 atom stereocenters. The van der Waals surface area contributed by atoms with Gasteiger partial charge in [0.15, 0.2) is 0 Å². The second-order valence-electron chi connectivity index (χ2n) is 5.03. The normalized spacial score (nSPS) is 12.0. The van der Waals surface area contributed by atoms with Gasteiger partial charge >= 0.3 is 0 Å². The van der Waals surface area contributed by atoms with Crippen LogP contribution < -0.4 is 5.32 Å². The van der Waals surface area contributed by atoms with Gasteiger partial charge in [-0.1, -0.05) is 6.92 Å². The lowest BCUT2D eigenvalue weighted by atomic mass is 10.1. The summed E-state index contributed by atoms with van der Waals surface area (Å²) in [6.07, 6.45) is 0. The van der Waals surface area contributed by atoms with Gasteiger partial charge in [0.05, 0.1) is 11.2 Å². The molecule has 1 N–H and O–H groups in total. The first kappa shape index (κ1) is 15.4. The van der Waals surface area contributed by atoms with Crippen LogP contribution in [0.3, 0.4) is 0 Å². The average Bonchev–Trinajstić information content (AvgIpc) is 1.80. The molecule has 0 fully saturated rings. The van der Waals surface area contributed by atoms with Crippen molar-refractivity contribution in [3.05, 3.63) is 0 Å². The fourth-order valence-electron chi connectivity index (χ4n) is 0.919. The van der Waals surface area contributed by atoms with Crippen molar-refractivity contribution in [3.63, 3.8) is 0 Å². The van der Waals surface area contributed by atoms with E-state index in [0.29, 0.717) is 0 Å². The quantitative estimate of drug-likeness (QED) is 0.685. The van der Waals surface area contributed by atoms with Crippen molar-refractivity contribution in [1.82, 2.24) is 5.32 Å². The molecule has 0 aromatic heterocycles. The van der Waals surface area contributed by atoms with Crippen LogP contribution >= 0.6 is 0 Å². The predicted octanol–water partition coefficient (Wildman–Crippen LogP) is 2.83. The summed E-state index contributed by atoms with van der Waals surface area (Å²) in [6.45, 7) is 15.5. The molecule has 0 saturated heterocycles. The summed E-state index contributed by atoms with van der Waals surface area (Å²) < 4.78 is 5.62. The average molecular weight is 189 g/mol. The summed E-state index contributed by atoms with van der Waals surface area (Å²) in [5.41, 5.74) is -0.0312. The Labute approximate surface area is 84.1 Å². The molecule has 0 saturated carbocycles. The van der Waals surface area contributed by atoms with Crippen LogP contribution in [0.5, 0.6) is 0 Å². The minimum Gasteiger partial charge on any atom is -0.370 e. The molecular weight excluding hydrogens is 162 g/mol. The highest BCUT2D eigenvalue weighted by Crippen LogP contribution is 2.17. The van der Waals surface area contributed by atoms with Gasteiger partial charge in [0.2, 0.25) is 0 Å². The van der Waals surface area contributed by atoms with Crippen LogP contribution in [0.4, 0.5) is 0 Å². The number of hydrogen-bond acceptors (Lipinski definition) is 2. The van der Waals surface area contributed by atoms with E-state index in [1.807, 2.05) is 7.05 Å². The Bertz CT molecular complexity index is 94.2. The van der Waals surface area contributed by atoms with E-state index in [1.54, 1.807) is 0 Å². The maximum atomic E-state index is 5.62. The molecule has 2 nitrogen and oxygen atoms in total. The Morgan fingerprint density at radius 2 is 1.15 bits per heavy atom. The number of hydrogen-bond donors (Lipinski definition) is 1. The molecule has 0 unspecified atom stereocenters. The van der Waals surface area contributed by atoms with Crippen molar-refractivity contribution in [3.8, 4) is 0 Å². The molecule has 0 aromatic rings. The summed E-state index contributed by atoms with van der Waals surface area (Å²) in [7, 11) is 1.93. The van der Waals surface area contributed by atoms with Gasteiger partial charge in [0.25, 0.3) is 0 Å². The molecule has 0 aromatic carbocycles. The zero-order valence-electron chi connectivity index (χ0n) is 10.6. The van der Waals surface area contributed by atoms with Crippen LogP contribution in [0.1, 0.15) is 48.5 Å². The SMILES string of the molecule is CC(C)(C)OC(C)(C)C.CCNC. The molecular formula is C11H27NO. The van der Waals surface area contributed by atoms with Crippen LogP contribution in [-0.4, -0.2) is 24.8 Å². The molecule has 0 heterocycles. The molecule has 0 aliphatic rings. The first-order valence-electron chi connectivity index (χ1n) is 4.97. The topological polar surface area (TPSA) is 21.3 Å². The summed E-state index contributed by atoms with van der Waals surface area (Å²) in [6, 6.07) is 0. The fraction of sp³-hybridized carbons (Fsp3) is 1.00. The van der Waals surface area contributed by atoms with E-state index >= 15 is 0 Å². The van der Waals surface area contributed by atoms with Gasteiger partial charge < -0.3 is 10.1 Å². The summed E-state index contributed by atoms with van der Waals surface area (Å²) >= 11 is 0. The largest absolute Gasteiger partial charge is 0.370 e. The molecule has 13 heavy (non-hydrogen) atoms. The van der Waals surface area contributed by atoms with E-state index in [9.17, 15) is 0 Å². The highest BCUT2D eigenvalue weighted by atomic mass is 16.5. The van der Waals surface area contributed by atoms with Crippen molar-refractivity contribution < 1.29 is 4.74 Å². The molecule has 0 rings (SSSR count). The number of ether oxygens (including phenoxy) is 1. The Morgan fingerprint density at radius 1 is 0.923 bits per heavy atom. The number of rotatable bonds is 1. The Balaban J connectivity index is 0. The van der Waals surface area contributed by atoms with Gasteiger partial charge in [-0.2, -0.15) is 0 Å². The lowest BCUT2D eigenvalue weighted by Crippen LogP contribution is -2.31. The summed E-state index contributed by atoms with van der Waals surface area (Å²) in [4.78, 5) is 0. The molecule has 82 valence electrons. The third kappa shape index (κ3) is 24.5. The van der Waals surface area contributed by atoms with Crippen molar-refractivity contribution in [2.24, 2.45) is 0 Å². The number of nitrogens with one attached hydrogen (secondary N) is 1. The Hall–Kier alpha value is -0.0800. The second-order valence-corrected chi connectivity index (χ2v) is 5.03. The molecule has 0 bridgehead atoms. The van der Waals surface area contributed by atoms with Crippen LogP contribution in [0, 0.1) is 0 Å². The lowest BCUT2D eigenvalue weighted by Gasteiger charge is -2.30. The third-order valence-corrected chi connectivity index (χ3v) is 0.966. The van der Waals surface area contributed by atoms with E-state index in [2.05, 4.69) is 53.8 Å². The van der Waals surface area contributed by atoms with Crippen LogP contribution in [0.25, 0.3) is 0 Å². The van der Waals surface area contributed by atoms with Crippen molar-refractivity contribution >= 4 is 0 Å². The van der Waals surface area contributed by atoms with Crippen molar-refractivity contribution in [2.75, 3.05) is 13.6 Å². The van der Waals surface area contributed by atoms with Crippen LogP contribution in [0.15, 0.2) is 0 Å². The summed E-state index contributed by atoms with van der Waals surface area (Å²) in [5.74, 6) is 0. The minimum atomic E-state index is -0.0156. The van der Waals surface area contributed by atoms with Gasteiger partial charge in [-0.15, -0.1) is 0 Å². The highest BCUT2D eigenvalue weighted by molar-refractivity contribution is 4.68. The molecule has 0 aliphatic heterocycles. The maximum Gasteiger partial charge on any atom is 0.0605 e. The van der Waals surface area contributed by atoms with E-state index in [0.717, 1.165) is 6.54 Å². The Morgan fingerprint density at radius 3 is 1.15 bits per heavy atom. The molecule has 0 amide bonds. The highest BCUT2D eigenvalue weighted by Gasteiger charge is 2.19. The standard InChI is InChI=1S/C8H18O.C3H9N/c1-7(2,3)9-8(4,5)6;1-3-4-2/h1-6H3;4H,3H2,1-2H3. The van der Waals surface area contributed by atoms with E-state index in [4.69, 9.17) is 4.74 Å². The Kier molecular flexibility index (Phi) is 7.56. The first-order chi connectivity index (χ1) is 5.62. The van der Waals surface area contributed by atoms with Crippen molar-refractivity contribution in [2.45, 2.75) is 59.7 Å². The smallest absolute Gasteiger partial charge is 0.0605 e. The van der Waals surface area contributed by atoms with Crippen LogP contribution in [-0.2, 0) is 4.74 Å². The fourth-order valence-corrected chi connectivity index (χ4v) is 0.919. The second kappa shape index (κ2) is 6.39. The lowest BCUT2D eigenvalue weighted by molar-refractivity contribution is -0.102.